The number of hydrogen-bond donors (Lipinski definition) is 0. The molecule has 0 aromatic carbocycles. The summed E-state index contributed by atoms with van der Waals surface area (Å²) in [6.45, 7) is 13.6. The molecular weight excluding hydrogens is 352 g/mol. The molecule has 0 atom stereocenters. The van der Waals surface area contributed by atoms with E-state index in [4.69, 9.17) is 9.47 Å². The summed E-state index contributed by atoms with van der Waals surface area (Å²) in [7, 11) is 0. The summed E-state index contributed by atoms with van der Waals surface area (Å²) >= 11 is 0. The molecule has 0 aliphatic heterocycles. The molecule has 0 N–H and O–H groups in total. The van der Waals surface area contributed by atoms with Gasteiger partial charge >= 0.3 is 11.9 Å². The van der Waals surface area contributed by atoms with Crippen molar-refractivity contribution in [2.24, 2.45) is 5.41 Å². The summed E-state index contributed by atoms with van der Waals surface area (Å²) in [4.78, 5) is 22.3. The van der Waals surface area contributed by atoms with Gasteiger partial charge in [0.2, 0.25) is 0 Å². The average Bonchev–Trinajstić information content (AvgIpc) is 2.56. The zero-order chi connectivity index (χ0) is 21.3. The molecule has 0 aromatic rings. The van der Waals surface area contributed by atoms with E-state index in [-0.39, 0.29) is 24.0 Å². The van der Waals surface area contributed by atoms with Gasteiger partial charge in [-0.2, -0.15) is 0 Å². The molecule has 0 radical (unpaired) electrons. The lowest BCUT2D eigenvalue weighted by atomic mass is 9.72. The van der Waals surface area contributed by atoms with Crippen LogP contribution < -0.4 is 0 Å². The van der Waals surface area contributed by atoms with Crippen molar-refractivity contribution in [3.05, 3.63) is 58.4 Å². The van der Waals surface area contributed by atoms with Crippen LogP contribution in [0.2, 0.25) is 0 Å². The molecule has 0 heterocycles. The minimum atomic E-state index is -0.359. The Morgan fingerprint density at radius 3 is 2.29 bits per heavy atom. The minimum absolute atomic E-state index is 0.159. The van der Waals surface area contributed by atoms with Crippen molar-refractivity contribution in [1.82, 2.24) is 0 Å². The maximum Gasteiger partial charge on any atom is 0.308 e. The fourth-order valence-electron chi connectivity index (χ4n) is 3.27. The molecule has 0 unspecified atom stereocenters. The van der Waals surface area contributed by atoms with E-state index in [0.717, 1.165) is 17.6 Å². The second kappa shape index (κ2) is 10.8. The Hall–Kier alpha value is -2.36. The summed E-state index contributed by atoms with van der Waals surface area (Å²) in [5.74, 6) is -0.164. The molecule has 0 spiro atoms. The fraction of sp³-hybridized carbons (Fsp3) is 0.500. The zero-order valence-electron chi connectivity index (χ0n) is 18.3. The topological polar surface area (TPSA) is 52.6 Å². The van der Waals surface area contributed by atoms with E-state index in [1.807, 2.05) is 26.0 Å². The van der Waals surface area contributed by atoms with Gasteiger partial charge in [0.05, 0.1) is 0 Å². The van der Waals surface area contributed by atoms with E-state index in [1.54, 1.807) is 12.2 Å². The van der Waals surface area contributed by atoms with Crippen LogP contribution in [0.4, 0.5) is 0 Å². The number of rotatable bonds is 7. The van der Waals surface area contributed by atoms with Gasteiger partial charge in [-0.15, -0.1) is 0 Å². The second-order valence-electron chi connectivity index (χ2n) is 7.99. The molecular formula is C24H34O4. The Labute approximate surface area is 169 Å². The monoisotopic (exact) mass is 386 g/mol. The van der Waals surface area contributed by atoms with Crippen molar-refractivity contribution in [1.29, 1.82) is 0 Å². The van der Waals surface area contributed by atoms with Crippen molar-refractivity contribution >= 4 is 11.9 Å². The van der Waals surface area contributed by atoms with E-state index in [1.165, 1.54) is 37.8 Å². The van der Waals surface area contributed by atoms with Crippen LogP contribution in [-0.4, -0.2) is 18.5 Å². The van der Waals surface area contributed by atoms with Gasteiger partial charge in [-0.1, -0.05) is 43.2 Å². The van der Waals surface area contributed by atoms with Crippen molar-refractivity contribution in [3.8, 4) is 0 Å². The van der Waals surface area contributed by atoms with Gasteiger partial charge in [0, 0.05) is 13.8 Å². The molecule has 0 bridgehead atoms. The molecule has 1 rings (SSSR count). The normalized spacial score (nSPS) is 18.5. The Bertz CT molecular complexity index is 743. The van der Waals surface area contributed by atoms with Crippen molar-refractivity contribution in [2.75, 3.05) is 6.61 Å². The van der Waals surface area contributed by atoms with Crippen LogP contribution in [0, 0.1) is 5.41 Å². The highest BCUT2D eigenvalue weighted by Gasteiger charge is 2.26. The van der Waals surface area contributed by atoms with Crippen LogP contribution in [0.1, 0.15) is 67.7 Å². The number of hydrogen-bond acceptors (Lipinski definition) is 4. The van der Waals surface area contributed by atoms with Gasteiger partial charge in [0.1, 0.15) is 12.4 Å². The Kier molecular flexibility index (Phi) is 9.17. The first-order chi connectivity index (χ1) is 13.0. The Morgan fingerprint density at radius 1 is 1.04 bits per heavy atom. The summed E-state index contributed by atoms with van der Waals surface area (Å²) in [5.41, 5.74) is 4.73. The predicted octanol–water partition coefficient (Wildman–Crippen LogP) is 5.97. The average molecular weight is 387 g/mol. The smallest absolute Gasteiger partial charge is 0.308 e. The first-order valence-corrected chi connectivity index (χ1v) is 9.78. The molecule has 1 aliphatic rings. The summed E-state index contributed by atoms with van der Waals surface area (Å²) in [6, 6.07) is 0. The van der Waals surface area contributed by atoms with Crippen LogP contribution >= 0.6 is 0 Å². The largest absolute Gasteiger partial charge is 0.462 e. The third-order valence-corrected chi connectivity index (χ3v) is 4.87. The maximum absolute atomic E-state index is 11.5. The number of carbonyl (C=O) groups excluding carboxylic acids is 2. The lowest BCUT2D eigenvalue weighted by Gasteiger charge is -2.33. The third kappa shape index (κ3) is 8.12. The number of allylic oxidation sites excluding steroid dienone is 8. The molecule has 0 saturated heterocycles. The van der Waals surface area contributed by atoms with E-state index < -0.39 is 0 Å². The molecule has 28 heavy (non-hydrogen) atoms. The lowest BCUT2D eigenvalue weighted by Crippen LogP contribution is -2.19. The van der Waals surface area contributed by atoms with E-state index >= 15 is 0 Å². The van der Waals surface area contributed by atoms with Crippen LogP contribution in [0.15, 0.2) is 58.4 Å². The van der Waals surface area contributed by atoms with Gasteiger partial charge in [0.15, 0.2) is 0 Å². The van der Waals surface area contributed by atoms with E-state index in [0.29, 0.717) is 5.76 Å². The maximum atomic E-state index is 11.5. The fourth-order valence-corrected chi connectivity index (χ4v) is 3.27. The van der Waals surface area contributed by atoms with Crippen LogP contribution in [0.3, 0.4) is 0 Å². The van der Waals surface area contributed by atoms with Crippen LogP contribution in [-0.2, 0) is 19.1 Å². The molecule has 4 nitrogen and oxygen atoms in total. The summed E-state index contributed by atoms with van der Waals surface area (Å²) in [5, 5.41) is 0. The van der Waals surface area contributed by atoms with Crippen molar-refractivity contribution < 1.29 is 19.1 Å². The second-order valence-corrected chi connectivity index (χ2v) is 7.99. The molecule has 0 saturated carbocycles. The first-order valence-electron chi connectivity index (χ1n) is 9.78. The number of ether oxygens (including phenoxy) is 2. The Morgan fingerprint density at radius 2 is 1.71 bits per heavy atom. The molecule has 154 valence electrons. The van der Waals surface area contributed by atoms with E-state index in [2.05, 4.69) is 26.8 Å². The quantitative estimate of drug-likeness (QED) is 0.307. The van der Waals surface area contributed by atoms with Crippen molar-refractivity contribution in [3.63, 3.8) is 0 Å². The van der Waals surface area contributed by atoms with Gasteiger partial charge < -0.3 is 9.47 Å². The van der Waals surface area contributed by atoms with Gasteiger partial charge in [-0.3, -0.25) is 9.59 Å². The van der Waals surface area contributed by atoms with Crippen LogP contribution in [0.5, 0.6) is 0 Å². The lowest BCUT2D eigenvalue weighted by molar-refractivity contribution is -0.139. The molecule has 4 heteroatoms. The molecule has 0 aromatic heterocycles. The van der Waals surface area contributed by atoms with E-state index in [9.17, 15) is 9.59 Å². The molecule has 1 aliphatic carbocycles. The summed E-state index contributed by atoms with van der Waals surface area (Å²) in [6.07, 6.45) is 13.1. The zero-order valence-corrected chi connectivity index (χ0v) is 18.3. The standard InChI is InChI=1S/C24H34O4/c1-17(14-16-27-20(4)25)10-13-23(28-21(5)26)19(3)11-12-22-18(2)9-8-15-24(22,6)7/h10-14H,8-9,15-16H2,1-7H3/b12-11?,13-10-,17-14-,23-19?. The number of esters is 2. The highest BCUT2D eigenvalue weighted by atomic mass is 16.5. The van der Waals surface area contributed by atoms with Crippen molar-refractivity contribution in [2.45, 2.75) is 67.7 Å². The van der Waals surface area contributed by atoms with Crippen LogP contribution in [0.25, 0.3) is 0 Å². The SMILES string of the molecule is CC(=O)OC/C=C(C)\C=C/C(OC(C)=O)=C(C)C=CC1=C(C)CCCC1(C)C. The highest BCUT2D eigenvalue weighted by molar-refractivity contribution is 5.68. The number of carbonyl (C=O) groups is 2. The molecule has 0 fully saturated rings. The summed E-state index contributed by atoms with van der Waals surface area (Å²) < 4.78 is 10.3. The first kappa shape index (κ1) is 23.7. The highest BCUT2D eigenvalue weighted by Crippen LogP contribution is 2.40. The Balaban J connectivity index is 3.06. The third-order valence-electron chi connectivity index (χ3n) is 4.87. The van der Waals surface area contributed by atoms with Gasteiger partial charge in [-0.25, -0.2) is 0 Å². The molecule has 0 amide bonds. The minimum Gasteiger partial charge on any atom is -0.462 e. The predicted molar refractivity (Wildman–Crippen MR) is 113 cm³/mol. The van der Waals surface area contributed by atoms with Gasteiger partial charge in [-0.05, 0) is 68.7 Å². The van der Waals surface area contributed by atoms with Gasteiger partial charge in [0.25, 0.3) is 0 Å².